The zero-order valence-corrected chi connectivity index (χ0v) is 11.4. The van der Waals surface area contributed by atoms with Gasteiger partial charge in [-0.05, 0) is 32.0 Å². The molecule has 3 N–H and O–H groups in total. The highest BCUT2D eigenvalue weighted by atomic mass is 35.5. The third-order valence-electron chi connectivity index (χ3n) is 3.08. The smallest absolute Gasteiger partial charge is 0.146 e. The van der Waals surface area contributed by atoms with Gasteiger partial charge in [0.25, 0.3) is 0 Å². The van der Waals surface area contributed by atoms with Crippen molar-refractivity contribution >= 4 is 28.5 Å². The molecule has 2 aromatic heterocycles. The van der Waals surface area contributed by atoms with Crippen LogP contribution < -0.4 is 5.73 Å². The summed E-state index contributed by atoms with van der Waals surface area (Å²) in [6.07, 6.45) is 1.69. The summed E-state index contributed by atoms with van der Waals surface area (Å²) in [6, 6.07) is 5.91. The van der Waals surface area contributed by atoms with E-state index in [0.717, 1.165) is 22.4 Å². The number of hydrogen-bond acceptors (Lipinski definition) is 3. The van der Waals surface area contributed by atoms with Gasteiger partial charge in [0.15, 0.2) is 0 Å². The highest BCUT2D eigenvalue weighted by molar-refractivity contribution is 6.31. The predicted molar refractivity (Wildman–Crippen MR) is 77.1 cm³/mol. The van der Waals surface area contributed by atoms with E-state index in [-0.39, 0.29) is 6.04 Å². The fraction of sp³-hybridized carbons (Fsp3) is 0.231. The van der Waals surface area contributed by atoms with E-state index in [0.29, 0.717) is 10.8 Å². The van der Waals surface area contributed by atoms with Crippen LogP contribution in [-0.2, 0) is 0 Å². The zero-order chi connectivity index (χ0) is 13.6. The van der Waals surface area contributed by atoms with Crippen LogP contribution in [0.25, 0.3) is 22.4 Å². The van der Waals surface area contributed by atoms with Crippen molar-refractivity contribution in [3.63, 3.8) is 0 Å². The molecule has 0 amide bonds. The first-order valence-electron chi connectivity index (χ1n) is 6.04. The molecule has 1 aromatic carbocycles. The Hall–Kier alpha value is -2.01. The van der Waals surface area contributed by atoms with Crippen molar-refractivity contribution in [1.82, 2.24) is 19.7 Å². The number of imidazole rings is 1. The van der Waals surface area contributed by atoms with E-state index < -0.39 is 0 Å². The number of aromatic nitrogens is 4. The number of benzene rings is 1. The van der Waals surface area contributed by atoms with Gasteiger partial charge in [-0.25, -0.2) is 4.98 Å². The highest BCUT2D eigenvalue weighted by Gasteiger charge is 2.17. The Morgan fingerprint density at radius 2 is 2.16 bits per heavy atom. The molecule has 0 aliphatic rings. The molecule has 0 aliphatic heterocycles. The van der Waals surface area contributed by atoms with Gasteiger partial charge in [0, 0.05) is 11.1 Å². The monoisotopic (exact) mass is 275 g/mol. The summed E-state index contributed by atoms with van der Waals surface area (Å²) in [5.74, 6) is 1.32. The van der Waals surface area contributed by atoms with Gasteiger partial charge in [0.2, 0.25) is 0 Å². The second kappa shape index (κ2) is 4.28. The molecule has 0 unspecified atom stereocenters. The van der Waals surface area contributed by atoms with Crippen LogP contribution in [0.15, 0.2) is 24.4 Å². The Morgan fingerprint density at radius 1 is 1.37 bits per heavy atom. The molecule has 0 radical (unpaired) electrons. The molecule has 6 heteroatoms. The molecule has 0 aliphatic carbocycles. The minimum atomic E-state index is 0.243. The maximum Gasteiger partial charge on any atom is 0.146 e. The van der Waals surface area contributed by atoms with Crippen LogP contribution in [-0.4, -0.2) is 19.7 Å². The van der Waals surface area contributed by atoms with Gasteiger partial charge in [-0.2, -0.15) is 5.10 Å². The number of aromatic amines is 1. The summed E-state index contributed by atoms with van der Waals surface area (Å²) >= 11 is 6.08. The van der Waals surface area contributed by atoms with Crippen molar-refractivity contribution in [3.05, 3.63) is 29.4 Å². The molecule has 0 atom stereocenters. The van der Waals surface area contributed by atoms with E-state index in [2.05, 4.69) is 33.6 Å². The summed E-state index contributed by atoms with van der Waals surface area (Å²) in [4.78, 5) is 4.64. The standard InChI is InChI=1S/C13H14ClN5/c1-7(2)19-11-5-8(14)3-4-10(11)17-13(19)9-6-16-18-12(9)15/h3-7H,1-2H3,(H3,15,16,18). The number of rotatable bonds is 2. The van der Waals surface area contributed by atoms with Gasteiger partial charge in [-0.3, -0.25) is 5.10 Å². The van der Waals surface area contributed by atoms with E-state index >= 15 is 0 Å². The molecule has 3 aromatic rings. The summed E-state index contributed by atoms with van der Waals surface area (Å²) in [6.45, 7) is 4.20. The van der Waals surface area contributed by atoms with Gasteiger partial charge in [0.1, 0.15) is 11.6 Å². The van der Waals surface area contributed by atoms with Crippen LogP contribution in [0.3, 0.4) is 0 Å². The zero-order valence-electron chi connectivity index (χ0n) is 10.7. The summed E-state index contributed by atoms with van der Waals surface area (Å²) < 4.78 is 2.11. The number of hydrogen-bond donors (Lipinski definition) is 2. The van der Waals surface area contributed by atoms with Gasteiger partial charge >= 0.3 is 0 Å². The Kier molecular flexibility index (Phi) is 2.71. The number of nitrogens with two attached hydrogens (primary N) is 1. The van der Waals surface area contributed by atoms with Gasteiger partial charge in [0.05, 0.1) is 22.8 Å². The molecular formula is C13H14ClN5. The van der Waals surface area contributed by atoms with Crippen molar-refractivity contribution < 1.29 is 0 Å². The lowest BCUT2D eigenvalue weighted by molar-refractivity contribution is 0.624. The fourth-order valence-corrected chi connectivity index (χ4v) is 2.42. The molecule has 0 saturated heterocycles. The maximum absolute atomic E-state index is 6.08. The first kappa shape index (κ1) is 12.0. The number of fused-ring (bicyclic) bond motifs is 1. The molecule has 0 fully saturated rings. The van der Waals surface area contributed by atoms with Gasteiger partial charge in [-0.1, -0.05) is 11.6 Å². The van der Waals surface area contributed by atoms with Crippen LogP contribution in [0.2, 0.25) is 5.02 Å². The fourth-order valence-electron chi connectivity index (χ4n) is 2.25. The molecule has 2 heterocycles. The Labute approximate surface area is 115 Å². The van der Waals surface area contributed by atoms with E-state index in [1.165, 1.54) is 0 Å². The molecule has 0 saturated carbocycles. The summed E-state index contributed by atoms with van der Waals surface area (Å²) in [5, 5.41) is 7.39. The van der Waals surface area contributed by atoms with Crippen molar-refractivity contribution in [2.45, 2.75) is 19.9 Å². The first-order valence-corrected chi connectivity index (χ1v) is 6.42. The Morgan fingerprint density at radius 3 is 2.79 bits per heavy atom. The summed E-state index contributed by atoms with van der Waals surface area (Å²) in [7, 11) is 0. The molecule has 3 rings (SSSR count). The largest absolute Gasteiger partial charge is 0.383 e. The lowest BCUT2D eigenvalue weighted by Gasteiger charge is -2.12. The SMILES string of the molecule is CC(C)n1c(-c2cn[nH]c2N)nc2ccc(Cl)cc21. The average molecular weight is 276 g/mol. The molecule has 5 nitrogen and oxygen atoms in total. The van der Waals surface area contributed by atoms with Crippen LogP contribution >= 0.6 is 11.6 Å². The van der Waals surface area contributed by atoms with Crippen LogP contribution in [0.5, 0.6) is 0 Å². The topological polar surface area (TPSA) is 72.5 Å². The molecule has 0 spiro atoms. The number of H-pyrrole nitrogens is 1. The van der Waals surface area contributed by atoms with E-state index in [1.54, 1.807) is 6.20 Å². The van der Waals surface area contributed by atoms with Crippen molar-refractivity contribution in [3.8, 4) is 11.4 Å². The number of nitrogens with zero attached hydrogens (tertiary/aromatic N) is 3. The van der Waals surface area contributed by atoms with E-state index in [1.807, 2.05) is 18.2 Å². The third-order valence-corrected chi connectivity index (χ3v) is 3.31. The quantitative estimate of drug-likeness (QED) is 0.754. The summed E-state index contributed by atoms with van der Waals surface area (Å²) in [5.41, 5.74) is 8.60. The van der Waals surface area contributed by atoms with Crippen molar-refractivity contribution in [1.29, 1.82) is 0 Å². The van der Waals surface area contributed by atoms with Crippen molar-refractivity contribution in [2.75, 3.05) is 5.73 Å². The van der Waals surface area contributed by atoms with Crippen LogP contribution in [0.4, 0.5) is 5.82 Å². The lowest BCUT2D eigenvalue weighted by Crippen LogP contribution is -2.03. The first-order chi connectivity index (χ1) is 9.08. The molecule has 0 bridgehead atoms. The van der Waals surface area contributed by atoms with Crippen molar-refractivity contribution in [2.24, 2.45) is 0 Å². The second-order valence-corrected chi connectivity index (χ2v) is 5.17. The van der Waals surface area contributed by atoms with Crippen LogP contribution in [0, 0.1) is 0 Å². The predicted octanol–water partition coefficient (Wildman–Crippen LogP) is 3.24. The number of nitrogens with one attached hydrogen (secondary N) is 1. The normalized spacial score (nSPS) is 11.6. The van der Waals surface area contributed by atoms with E-state index in [9.17, 15) is 0 Å². The number of halogens is 1. The third kappa shape index (κ3) is 1.86. The minimum absolute atomic E-state index is 0.243. The van der Waals surface area contributed by atoms with Gasteiger partial charge < -0.3 is 10.3 Å². The maximum atomic E-state index is 6.08. The minimum Gasteiger partial charge on any atom is -0.383 e. The molecular weight excluding hydrogens is 262 g/mol. The highest BCUT2D eigenvalue weighted by Crippen LogP contribution is 2.31. The van der Waals surface area contributed by atoms with Crippen LogP contribution in [0.1, 0.15) is 19.9 Å². The number of anilines is 1. The number of nitrogen functional groups attached to an aromatic ring is 1. The molecule has 19 heavy (non-hydrogen) atoms. The average Bonchev–Trinajstić information content (AvgIpc) is 2.91. The lowest BCUT2D eigenvalue weighted by atomic mass is 10.2. The molecule has 98 valence electrons. The second-order valence-electron chi connectivity index (χ2n) is 4.73. The Bertz CT molecular complexity index is 741. The van der Waals surface area contributed by atoms with Gasteiger partial charge in [-0.15, -0.1) is 0 Å². The van der Waals surface area contributed by atoms with E-state index in [4.69, 9.17) is 17.3 Å². The Balaban J connectivity index is 2.36.